The number of sulfonamides is 1. The first kappa shape index (κ1) is 19.1. The molecule has 0 amide bonds. The first-order chi connectivity index (χ1) is 12.5. The molecule has 0 aliphatic heterocycles. The number of hydrogen-bond donors (Lipinski definition) is 2. The van der Waals surface area contributed by atoms with Gasteiger partial charge in [-0.3, -0.25) is 4.79 Å². The summed E-state index contributed by atoms with van der Waals surface area (Å²) >= 11 is 0. The molecular formula is C20H27NO4S. The Hall–Kier alpha value is -1.66. The van der Waals surface area contributed by atoms with E-state index >= 15 is 0 Å². The number of benzene rings is 1. The molecule has 0 aromatic heterocycles. The summed E-state index contributed by atoms with van der Waals surface area (Å²) < 4.78 is 28.4. The molecule has 1 aromatic rings. The van der Waals surface area contributed by atoms with Gasteiger partial charge in [0.1, 0.15) is 0 Å². The number of hydrogen-bond acceptors (Lipinski definition) is 3. The van der Waals surface area contributed by atoms with Gasteiger partial charge in [-0.1, -0.05) is 30.4 Å². The Labute approximate surface area is 155 Å². The van der Waals surface area contributed by atoms with Gasteiger partial charge in [-0.15, -0.1) is 0 Å². The number of carbonyl (C=O) groups is 1. The van der Waals surface area contributed by atoms with Gasteiger partial charge in [0.05, 0.1) is 4.90 Å². The number of carboxylic acid groups (broad SMARTS) is 1. The van der Waals surface area contributed by atoms with Gasteiger partial charge in [0.25, 0.3) is 0 Å². The molecule has 5 nitrogen and oxygen atoms in total. The third-order valence-corrected chi connectivity index (χ3v) is 7.24. The molecule has 2 N–H and O–H groups in total. The minimum Gasteiger partial charge on any atom is -0.481 e. The highest BCUT2D eigenvalue weighted by atomic mass is 32.2. The van der Waals surface area contributed by atoms with Gasteiger partial charge < -0.3 is 5.11 Å². The number of aliphatic carboxylic acids is 1. The van der Waals surface area contributed by atoms with E-state index in [9.17, 15) is 13.2 Å². The summed E-state index contributed by atoms with van der Waals surface area (Å²) in [7, 11) is -3.49. The standard InChI is InChI=1S/C20H27NO4S/c22-19(23)11-7-2-1-6-10-18-15-12-13-16(14-15)20(18)21-26(24,25)17-8-4-3-5-9-17/h1,3-6,8-9,15-16,18,20-21H,2,7,10-14H2,(H,22,23)/b6-1-/t15-,16+,18-,20-/m1/s1. The SMILES string of the molecule is O=C(O)CCC/C=C\C[C@@H]1[C@@H]2CC[C@@H](C2)[C@H]1NS(=O)(=O)c1ccccc1. The van der Waals surface area contributed by atoms with Crippen molar-refractivity contribution in [3.05, 3.63) is 42.5 Å². The smallest absolute Gasteiger partial charge is 0.303 e. The lowest BCUT2D eigenvalue weighted by molar-refractivity contribution is -0.137. The van der Waals surface area contributed by atoms with Crippen LogP contribution in [0, 0.1) is 17.8 Å². The fourth-order valence-corrected chi connectivity index (χ4v) is 5.90. The van der Waals surface area contributed by atoms with Crippen LogP contribution in [0.3, 0.4) is 0 Å². The van der Waals surface area contributed by atoms with Crippen LogP contribution in [0.25, 0.3) is 0 Å². The molecule has 4 atom stereocenters. The maximum Gasteiger partial charge on any atom is 0.303 e. The zero-order valence-electron chi connectivity index (χ0n) is 14.9. The molecule has 142 valence electrons. The van der Waals surface area contributed by atoms with E-state index in [4.69, 9.17) is 5.11 Å². The third kappa shape index (κ3) is 4.54. The molecular weight excluding hydrogens is 350 g/mol. The van der Waals surface area contributed by atoms with E-state index < -0.39 is 16.0 Å². The second-order valence-electron chi connectivity index (χ2n) is 7.45. The van der Waals surface area contributed by atoms with Crippen LogP contribution < -0.4 is 4.72 Å². The average Bonchev–Trinajstić information content (AvgIpc) is 3.20. The van der Waals surface area contributed by atoms with Gasteiger partial charge in [0, 0.05) is 12.5 Å². The molecule has 0 radical (unpaired) electrons. The molecule has 2 aliphatic rings. The van der Waals surface area contributed by atoms with Gasteiger partial charge in [-0.2, -0.15) is 0 Å². The lowest BCUT2D eigenvalue weighted by Gasteiger charge is -2.31. The van der Waals surface area contributed by atoms with Crippen molar-refractivity contribution >= 4 is 16.0 Å². The van der Waals surface area contributed by atoms with E-state index in [1.165, 1.54) is 6.42 Å². The van der Waals surface area contributed by atoms with Crippen LogP contribution in [0.5, 0.6) is 0 Å². The lowest BCUT2D eigenvalue weighted by atomic mass is 9.83. The Balaban J connectivity index is 1.60. The van der Waals surface area contributed by atoms with Crippen LogP contribution in [0.2, 0.25) is 0 Å². The summed E-state index contributed by atoms with van der Waals surface area (Å²) in [6.07, 6.45) is 10.00. The highest BCUT2D eigenvalue weighted by Gasteiger charge is 2.48. The summed E-state index contributed by atoms with van der Waals surface area (Å²) in [6, 6.07) is 8.57. The summed E-state index contributed by atoms with van der Waals surface area (Å²) in [6.45, 7) is 0. The van der Waals surface area contributed by atoms with Crippen LogP contribution in [0.1, 0.15) is 44.9 Å². The predicted molar refractivity (Wildman–Crippen MR) is 100 cm³/mol. The second-order valence-corrected chi connectivity index (χ2v) is 9.16. The molecule has 2 bridgehead atoms. The van der Waals surface area contributed by atoms with Gasteiger partial charge in [0.15, 0.2) is 0 Å². The van der Waals surface area contributed by atoms with Gasteiger partial charge in [-0.05, 0) is 68.4 Å². The normalized spacial score (nSPS) is 28.0. The molecule has 6 heteroatoms. The molecule has 0 heterocycles. The Morgan fingerprint density at radius 2 is 1.88 bits per heavy atom. The summed E-state index contributed by atoms with van der Waals surface area (Å²) in [5.74, 6) is 0.598. The molecule has 2 aliphatic carbocycles. The number of nitrogens with one attached hydrogen (secondary N) is 1. The average molecular weight is 378 g/mol. The molecule has 2 fully saturated rings. The Kier molecular flexibility index (Phi) is 6.14. The van der Waals surface area contributed by atoms with E-state index in [0.717, 1.165) is 25.7 Å². The van der Waals surface area contributed by atoms with Crippen molar-refractivity contribution in [2.24, 2.45) is 17.8 Å². The summed E-state index contributed by atoms with van der Waals surface area (Å²) in [4.78, 5) is 10.9. The molecule has 2 saturated carbocycles. The minimum atomic E-state index is -3.49. The van der Waals surface area contributed by atoms with Crippen molar-refractivity contribution in [1.82, 2.24) is 4.72 Å². The first-order valence-electron chi connectivity index (χ1n) is 9.41. The zero-order chi connectivity index (χ0) is 18.6. The fourth-order valence-electron chi connectivity index (χ4n) is 4.52. The number of carboxylic acids is 1. The van der Waals surface area contributed by atoms with E-state index in [1.54, 1.807) is 24.3 Å². The first-order valence-corrected chi connectivity index (χ1v) is 10.9. The molecule has 3 rings (SSSR count). The number of rotatable bonds is 9. The van der Waals surface area contributed by atoms with E-state index in [0.29, 0.717) is 29.1 Å². The van der Waals surface area contributed by atoms with Crippen molar-refractivity contribution in [3.63, 3.8) is 0 Å². The van der Waals surface area contributed by atoms with E-state index in [-0.39, 0.29) is 12.5 Å². The highest BCUT2D eigenvalue weighted by molar-refractivity contribution is 7.89. The van der Waals surface area contributed by atoms with Gasteiger partial charge >= 0.3 is 5.97 Å². The lowest BCUT2D eigenvalue weighted by Crippen LogP contribution is -2.43. The number of fused-ring (bicyclic) bond motifs is 2. The Bertz CT molecular complexity index is 744. The van der Waals surface area contributed by atoms with Crippen molar-refractivity contribution < 1.29 is 18.3 Å². The molecule has 0 saturated heterocycles. The van der Waals surface area contributed by atoms with Crippen LogP contribution in [0.4, 0.5) is 0 Å². The Morgan fingerprint density at radius 3 is 2.62 bits per heavy atom. The molecule has 26 heavy (non-hydrogen) atoms. The van der Waals surface area contributed by atoms with Crippen LogP contribution in [0.15, 0.2) is 47.4 Å². The van der Waals surface area contributed by atoms with Gasteiger partial charge in [-0.25, -0.2) is 13.1 Å². The predicted octanol–water partition coefficient (Wildman–Crippen LogP) is 3.58. The molecule has 0 spiro atoms. The largest absolute Gasteiger partial charge is 0.481 e. The monoisotopic (exact) mass is 377 g/mol. The summed E-state index contributed by atoms with van der Waals surface area (Å²) in [5.41, 5.74) is 0. The fraction of sp³-hybridized carbons (Fsp3) is 0.550. The van der Waals surface area contributed by atoms with Crippen LogP contribution >= 0.6 is 0 Å². The maximum absolute atomic E-state index is 12.7. The van der Waals surface area contributed by atoms with Crippen LogP contribution in [-0.2, 0) is 14.8 Å². The van der Waals surface area contributed by atoms with Crippen LogP contribution in [-0.4, -0.2) is 25.5 Å². The highest BCUT2D eigenvalue weighted by Crippen LogP contribution is 2.50. The molecule has 0 unspecified atom stereocenters. The minimum absolute atomic E-state index is 0.00243. The molecule has 1 aromatic carbocycles. The third-order valence-electron chi connectivity index (χ3n) is 5.77. The summed E-state index contributed by atoms with van der Waals surface area (Å²) in [5, 5.41) is 8.66. The van der Waals surface area contributed by atoms with Crippen molar-refractivity contribution in [1.29, 1.82) is 0 Å². The van der Waals surface area contributed by atoms with E-state index in [1.807, 2.05) is 12.1 Å². The number of allylic oxidation sites excluding steroid dienone is 2. The quantitative estimate of drug-likeness (QED) is 0.509. The van der Waals surface area contributed by atoms with Gasteiger partial charge in [0.2, 0.25) is 10.0 Å². The zero-order valence-corrected chi connectivity index (χ0v) is 15.7. The second kappa shape index (κ2) is 8.35. The maximum atomic E-state index is 12.7. The van der Waals surface area contributed by atoms with E-state index in [2.05, 4.69) is 10.8 Å². The van der Waals surface area contributed by atoms with Crippen molar-refractivity contribution in [3.8, 4) is 0 Å². The Morgan fingerprint density at radius 1 is 1.15 bits per heavy atom. The van der Waals surface area contributed by atoms with Crippen molar-refractivity contribution in [2.75, 3.05) is 0 Å². The topological polar surface area (TPSA) is 83.5 Å². The van der Waals surface area contributed by atoms with Crippen molar-refractivity contribution in [2.45, 2.75) is 55.9 Å². The number of unbranched alkanes of at least 4 members (excludes halogenated alkanes) is 1.